The molecular formula is C15H16N4. The minimum absolute atomic E-state index is 0.214. The number of nitrogens with two attached hydrogens (primary N) is 1. The minimum Gasteiger partial charge on any atom is -0.399 e. The standard InChI is InChI=1S/C15H16N4/c1-15(2,10-5-7-11(16)8-6-10)14-18-12-4-3-9-17-13(12)19-14/h3-9H,16H2,1-2H3,(H,17,18,19). The van der Waals surface area contributed by atoms with Gasteiger partial charge in [0.25, 0.3) is 0 Å². The summed E-state index contributed by atoms with van der Waals surface area (Å²) in [5.41, 5.74) is 9.17. The quantitative estimate of drug-likeness (QED) is 0.689. The summed E-state index contributed by atoms with van der Waals surface area (Å²) in [5, 5.41) is 0. The van der Waals surface area contributed by atoms with E-state index in [2.05, 4.69) is 28.8 Å². The molecule has 0 unspecified atom stereocenters. The number of nitrogens with zero attached hydrogens (tertiary/aromatic N) is 2. The number of imidazole rings is 1. The molecule has 0 aliphatic carbocycles. The maximum atomic E-state index is 5.74. The molecule has 96 valence electrons. The Hall–Kier alpha value is -2.36. The Morgan fingerprint density at radius 3 is 2.53 bits per heavy atom. The summed E-state index contributed by atoms with van der Waals surface area (Å²) in [6.07, 6.45) is 1.75. The van der Waals surface area contributed by atoms with Crippen LogP contribution in [0, 0.1) is 0 Å². The van der Waals surface area contributed by atoms with E-state index in [0.29, 0.717) is 0 Å². The summed E-state index contributed by atoms with van der Waals surface area (Å²) in [7, 11) is 0. The SMILES string of the molecule is CC(C)(c1ccc(N)cc1)c1nc2ncccc2[nH]1. The van der Waals surface area contributed by atoms with Gasteiger partial charge in [-0.25, -0.2) is 9.97 Å². The number of pyridine rings is 1. The molecule has 0 spiro atoms. The number of nitrogens with one attached hydrogen (secondary N) is 1. The normalized spacial score (nSPS) is 11.9. The maximum absolute atomic E-state index is 5.74. The number of fused-ring (bicyclic) bond motifs is 1. The Kier molecular flexibility index (Phi) is 2.52. The lowest BCUT2D eigenvalue weighted by molar-refractivity contribution is 0.601. The van der Waals surface area contributed by atoms with Crippen LogP contribution < -0.4 is 5.73 Å². The highest BCUT2D eigenvalue weighted by atomic mass is 15.0. The van der Waals surface area contributed by atoms with Gasteiger partial charge in [-0.3, -0.25) is 0 Å². The van der Waals surface area contributed by atoms with Gasteiger partial charge in [-0.15, -0.1) is 0 Å². The molecule has 0 radical (unpaired) electrons. The topological polar surface area (TPSA) is 67.6 Å². The van der Waals surface area contributed by atoms with Crippen molar-refractivity contribution in [1.82, 2.24) is 15.0 Å². The van der Waals surface area contributed by atoms with Crippen molar-refractivity contribution in [3.05, 3.63) is 54.0 Å². The van der Waals surface area contributed by atoms with Crippen LogP contribution in [0.25, 0.3) is 11.2 Å². The van der Waals surface area contributed by atoms with Crippen LogP contribution in [0.15, 0.2) is 42.6 Å². The van der Waals surface area contributed by atoms with Gasteiger partial charge in [0.2, 0.25) is 0 Å². The molecule has 4 heteroatoms. The lowest BCUT2D eigenvalue weighted by Gasteiger charge is -2.22. The van der Waals surface area contributed by atoms with Crippen LogP contribution >= 0.6 is 0 Å². The molecule has 2 aromatic heterocycles. The number of benzene rings is 1. The van der Waals surface area contributed by atoms with E-state index >= 15 is 0 Å². The second kappa shape index (κ2) is 4.09. The van der Waals surface area contributed by atoms with Crippen molar-refractivity contribution in [2.45, 2.75) is 19.3 Å². The van der Waals surface area contributed by atoms with E-state index in [-0.39, 0.29) is 5.41 Å². The molecule has 2 heterocycles. The van der Waals surface area contributed by atoms with Crippen LogP contribution in [-0.2, 0) is 5.41 Å². The van der Waals surface area contributed by atoms with E-state index in [1.165, 1.54) is 5.56 Å². The number of aromatic nitrogens is 3. The predicted octanol–water partition coefficient (Wildman–Crippen LogP) is 2.87. The van der Waals surface area contributed by atoms with E-state index in [0.717, 1.165) is 22.7 Å². The number of rotatable bonds is 2. The lowest BCUT2D eigenvalue weighted by Crippen LogP contribution is -2.20. The lowest BCUT2D eigenvalue weighted by atomic mass is 9.84. The third-order valence-electron chi connectivity index (χ3n) is 3.48. The Balaban J connectivity index is 2.10. The van der Waals surface area contributed by atoms with Gasteiger partial charge in [-0.1, -0.05) is 12.1 Å². The average Bonchev–Trinajstić information content (AvgIpc) is 2.83. The van der Waals surface area contributed by atoms with Gasteiger partial charge < -0.3 is 10.7 Å². The molecule has 0 atom stereocenters. The Morgan fingerprint density at radius 2 is 1.84 bits per heavy atom. The van der Waals surface area contributed by atoms with Gasteiger partial charge in [0.1, 0.15) is 5.82 Å². The molecule has 3 aromatic rings. The van der Waals surface area contributed by atoms with Crippen molar-refractivity contribution in [3.8, 4) is 0 Å². The fourth-order valence-corrected chi connectivity index (χ4v) is 2.18. The van der Waals surface area contributed by atoms with E-state index in [4.69, 9.17) is 5.73 Å². The number of hydrogen-bond donors (Lipinski definition) is 2. The Labute approximate surface area is 111 Å². The Morgan fingerprint density at radius 1 is 1.11 bits per heavy atom. The second-order valence-electron chi connectivity index (χ2n) is 5.21. The molecule has 0 saturated heterocycles. The molecule has 0 bridgehead atoms. The van der Waals surface area contributed by atoms with Crippen molar-refractivity contribution >= 4 is 16.9 Å². The Bertz CT molecular complexity index is 677. The highest BCUT2D eigenvalue weighted by molar-refractivity contribution is 5.70. The van der Waals surface area contributed by atoms with E-state index in [1.807, 2.05) is 36.4 Å². The van der Waals surface area contributed by atoms with Crippen molar-refractivity contribution < 1.29 is 0 Å². The molecule has 19 heavy (non-hydrogen) atoms. The molecule has 4 nitrogen and oxygen atoms in total. The molecule has 0 amide bonds. The second-order valence-corrected chi connectivity index (χ2v) is 5.21. The molecule has 0 aliphatic heterocycles. The van der Waals surface area contributed by atoms with Crippen LogP contribution in [0.3, 0.4) is 0 Å². The molecule has 0 saturated carbocycles. The van der Waals surface area contributed by atoms with E-state index in [9.17, 15) is 0 Å². The van der Waals surface area contributed by atoms with Crippen LogP contribution in [-0.4, -0.2) is 15.0 Å². The maximum Gasteiger partial charge on any atom is 0.177 e. The number of H-pyrrole nitrogens is 1. The first-order chi connectivity index (χ1) is 9.07. The van der Waals surface area contributed by atoms with Gasteiger partial charge in [0, 0.05) is 17.3 Å². The van der Waals surface area contributed by atoms with Crippen molar-refractivity contribution in [2.75, 3.05) is 5.73 Å². The van der Waals surface area contributed by atoms with Gasteiger partial charge in [-0.2, -0.15) is 0 Å². The summed E-state index contributed by atoms with van der Waals surface area (Å²) in [6, 6.07) is 11.8. The summed E-state index contributed by atoms with van der Waals surface area (Å²) in [4.78, 5) is 12.2. The minimum atomic E-state index is -0.214. The zero-order valence-corrected chi connectivity index (χ0v) is 11.0. The molecule has 3 rings (SSSR count). The van der Waals surface area contributed by atoms with Crippen molar-refractivity contribution in [2.24, 2.45) is 0 Å². The fraction of sp³-hybridized carbons (Fsp3) is 0.200. The molecular weight excluding hydrogens is 236 g/mol. The third-order valence-corrected chi connectivity index (χ3v) is 3.48. The zero-order valence-electron chi connectivity index (χ0n) is 11.0. The van der Waals surface area contributed by atoms with Gasteiger partial charge in [0.15, 0.2) is 5.65 Å². The summed E-state index contributed by atoms with van der Waals surface area (Å²) < 4.78 is 0. The zero-order chi connectivity index (χ0) is 13.5. The summed E-state index contributed by atoms with van der Waals surface area (Å²) in [5.74, 6) is 0.908. The van der Waals surface area contributed by atoms with Gasteiger partial charge >= 0.3 is 0 Å². The first kappa shape index (κ1) is 11.7. The van der Waals surface area contributed by atoms with Crippen LogP contribution in [0.4, 0.5) is 5.69 Å². The van der Waals surface area contributed by atoms with Gasteiger partial charge in [0.05, 0.1) is 5.52 Å². The number of hydrogen-bond acceptors (Lipinski definition) is 3. The highest BCUT2D eigenvalue weighted by Crippen LogP contribution is 2.30. The largest absolute Gasteiger partial charge is 0.399 e. The van der Waals surface area contributed by atoms with Crippen LogP contribution in [0.1, 0.15) is 25.2 Å². The number of aromatic amines is 1. The summed E-state index contributed by atoms with van der Waals surface area (Å²) in [6.45, 7) is 4.27. The molecule has 0 aliphatic rings. The van der Waals surface area contributed by atoms with Crippen molar-refractivity contribution in [1.29, 1.82) is 0 Å². The molecule has 1 aromatic carbocycles. The fourth-order valence-electron chi connectivity index (χ4n) is 2.18. The smallest absolute Gasteiger partial charge is 0.177 e. The number of nitrogen functional groups attached to an aromatic ring is 1. The van der Waals surface area contributed by atoms with Crippen LogP contribution in [0.5, 0.6) is 0 Å². The van der Waals surface area contributed by atoms with E-state index < -0.39 is 0 Å². The monoisotopic (exact) mass is 252 g/mol. The summed E-state index contributed by atoms with van der Waals surface area (Å²) >= 11 is 0. The highest BCUT2D eigenvalue weighted by Gasteiger charge is 2.26. The predicted molar refractivity (Wildman–Crippen MR) is 76.9 cm³/mol. The van der Waals surface area contributed by atoms with Gasteiger partial charge in [-0.05, 0) is 43.7 Å². The third kappa shape index (κ3) is 1.95. The first-order valence-electron chi connectivity index (χ1n) is 6.24. The molecule has 0 fully saturated rings. The molecule has 3 N–H and O–H groups in total. The van der Waals surface area contributed by atoms with E-state index in [1.54, 1.807) is 6.20 Å². The van der Waals surface area contributed by atoms with Crippen LogP contribution in [0.2, 0.25) is 0 Å². The first-order valence-corrected chi connectivity index (χ1v) is 6.24. The van der Waals surface area contributed by atoms with Crippen molar-refractivity contribution in [3.63, 3.8) is 0 Å². The number of anilines is 1. The average molecular weight is 252 g/mol.